The van der Waals surface area contributed by atoms with E-state index in [0.29, 0.717) is 6.42 Å². The molecule has 3 rings (SSSR count). The fraction of sp³-hybridized carbons (Fsp3) is 0.910. The number of carbonyl (C=O) groups is 1. The first-order valence-electron chi connectivity index (χ1n) is 39.7. The maximum absolute atomic E-state index is 13.4. The minimum atomic E-state index is -1.98. The standard InChI is InChI=1S/C78H145NO18/c1-3-5-7-9-11-13-15-17-18-19-20-21-22-23-24-25-26-27-28-29-30-31-32-33-34-35-36-37-38-39-40-41-42-44-46-48-50-52-54-56-66(84)79-61(62(83)55-53-51-49-47-45-43-16-14-12-10-8-6-4-2)60-92-76-72(90)69(87)74(64(58-81)94-76)97-78-73(91)70(88)75(65(59-82)95-78)96-77-71(89)68(86)67(85)63(57-80)93-77/h15,17,19-20,53,55,61-65,67-78,80-83,85-91H,3-14,16,18,21-52,54,56-60H2,1-2H3,(H,79,84)/b17-15-,20-19-,55-53+. The number of ether oxygens (including phenoxy) is 6. The van der Waals surface area contributed by atoms with E-state index in [4.69, 9.17) is 28.4 Å². The predicted octanol–water partition coefficient (Wildman–Crippen LogP) is 12.7. The number of carbonyl (C=O) groups excluding carboxylic acids is 1. The molecule has 12 N–H and O–H groups in total. The molecule has 3 heterocycles. The Morgan fingerprint density at radius 2 is 0.680 bits per heavy atom. The monoisotopic (exact) mass is 1380 g/mol. The number of nitrogens with one attached hydrogen (secondary N) is 1. The quantitative estimate of drug-likeness (QED) is 0.0199. The van der Waals surface area contributed by atoms with Crippen LogP contribution in [-0.2, 0) is 33.2 Å². The molecule has 3 aliphatic heterocycles. The molecule has 17 unspecified atom stereocenters. The highest BCUT2D eigenvalue weighted by Crippen LogP contribution is 2.33. The summed E-state index contributed by atoms with van der Waals surface area (Å²) in [5.74, 6) is -0.270. The Morgan fingerprint density at radius 3 is 1.05 bits per heavy atom. The van der Waals surface area contributed by atoms with Crippen molar-refractivity contribution in [1.29, 1.82) is 0 Å². The number of amides is 1. The van der Waals surface area contributed by atoms with Gasteiger partial charge in [-0.05, 0) is 51.4 Å². The normalized spacial score (nSPS) is 27.0. The zero-order valence-corrected chi connectivity index (χ0v) is 60.8. The summed E-state index contributed by atoms with van der Waals surface area (Å²) in [6.45, 7) is 1.74. The van der Waals surface area contributed by atoms with Gasteiger partial charge in [0.1, 0.15) is 73.2 Å². The molecule has 17 atom stereocenters. The number of aliphatic hydroxyl groups is 11. The molecule has 0 spiro atoms. The van der Waals surface area contributed by atoms with E-state index in [1.54, 1.807) is 6.08 Å². The van der Waals surface area contributed by atoms with Crippen LogP contribution in [0.1, 0.15) is 322 Å². The molecule has 3 fully saturated rings. The summed E-state index contributed by atoms with van der Waals surface area (Å²) in [4.78, 5) is 13.4. The molecule has 19 nitrogen and oxygen atoms in total. The maximum Gasteiger partial charge on any atom is 0.220 e. The Balaban J connectivity index is 1.28. The van der Waals surface area contributed by atoms with Gasteiger partial charge in [0, 0.05) is 6.42 Å². The van der Waals surface area contributed by atoms with E-state index in [1.165, 1.54) is 244 Å². The predicted molar refractivity (Wildman–Crippen MR) is 383 cm³/mol. The Kier molecular flexibility index (Phi) is 54.6. The number of hydrogen-bond donors (Lipinski definition) is 12. The lowest BCUT2D eigenvalue weighted by Crippen LogP contribution is -2.66. The summed E-state index contributed by atoms with van der Waals surface area (Å²) in [6.07, 6.45) is 46.0. The van der Waals surface area contributed by atoms with Gasteiger partial charge in [-0.3, -0.25) is 4.79 Å². The van der Waals surface area contributed by atoms with Crippen molar-refractivity contribution < 1.29 is 89.4 Å². The maximum atomic E-state index is 13.4. The van der Waals surface area contributed by atoms with Crippen LogP contribution in [0.15, 0.2) is 36.5 Å². The van der Waals surface area contributed by atoms with Crippen LogP contribution in [0.25, 0.3) is 0 Å². The van der Waals surface area contributed by atoms with E-state index in [2.05, 4.69) is 43.5 Å². The first-order valence-corrected chi connectivity index (χ1v) is 39.7. The van der Waals surface area contributed by atoms with Crippen molar-refractivity contribution >= 4 is 5.91 Å². The molecule has 570 valence electrons. The summed E-state index contributed by atoms with van der Waals surface area (Å²) in [5, 5.41) is 121. The number of hydrogen-bond acceptors (Lipinski definition) is 18. The lowest BCUT2D eigenvalue weighted by molar-refractivity contribution is -0.379. The molecular weight excluding hydrogens is 1240 g/mol. The second kappa shape index (κ2) is 59.4. The van der Waals surface area contributed by atoms with E-state index in [1.807, 2.05) is 6.08 Å². The summed E-state index contributed by atoms with van der Waals surface area (Å²) in [5.41, 5.74) is 0. The second-order valence-corrected chi connectivity index (χ2v) is 28.5. The highest BCUT2D eigenvalue weighted by molar-refractivity contribution is 5.76. The average Bonchev–Trinajstić information content (AvgIpc) is 0.809. The highest BCUT2D eigenvalue weighted by Gasteiger charge is 2.53. The van der Waals surface area contributed by atoms with Crippen LogP contribution in [0.3, 0.4) is 0 Å². The van der Waals surface area contributed by atoms with Gasteiger partial charge in [-0.15, -0.1) is 0 Å². The van der Waals surface area contributed by atoms with E-state index in [9.17, 15) is 61.0 Å². The van der Waals surface area contributed by atoms with Gasteiger partial charge in [0.2, 0.25) is 5.91 Å². The molecule has 0 aromatic rings. The van der Waals surface area contributed by atoms with Crippen molar-refractivity contribution in [2.45, 2.75) is 426 Å². The second-order valence-electron chi connectivity index (χ2n) is 28.5. The van der Waals surface area contributed by atoms with Gasteiger partial charge in [0.05, 0.1) is 38.6 Å². The van der Waals surface area contributed by atoms with E-state index < -0.39 is 124 Å². The van der Waals surface area contributed by atoms with Crippen molar-refractivity contribution in [3.63, 3.8) is 0 Å². The molecule has 0 bridgehead atoms. The molecule has 19 heteroatoms. The van der Waals surface area contributed by atoms with E-state index in [-0.39, 0.29) is 18.9 Å². The summed E-state index contributed by atoms with van der Waals surface area (Å²) < 4.78 is 34.4. The van der Waals surface area contributed by atoms with Gasteiger partial charge in [0.15, 0.2) is 18.9 Å². The van der Waals surface area contributed by atoms with Gasteiger partial charge in [-0.25, -0.2) is 0 Å². The fourth-order valence-electron chi connectivity index (χ4n) is 13.5. The SMILES string of the molecule is CCCCCCC/C=C\C/C=C\CCCCCCCCCCCCCCCCCCCCCCCCCCCCCC(=O)NC(COC1OC(CO)C(OC2OC(CO)C(OC3OC(CO)C(O)C(O)C3O)C(O)C2O)C(O)C1O)C(O)/C=C/CCCCCCCCCCCCC. The third-order valence-corrected chi connectivity index (χ3v) is 19.9. The molecule has 3 saturated heterocycles. The zero-order valence-electron chi connectivity index (χ0n) is 60.8. The molecule has 0 aromatic carbocycles. The lowest BCUT2D eigenvalue weighted by atomic mass is 9.96. The van der Waals surface area contributed by atoms with Crippen LogP contribution in [0.2, 0.25) is 0 Å². The van der Waals surface area contributed by atoms with Crippen LogP contribution in [0.5, 0.6) is 0 Å². The fourth-order valence-corrected chi connectivity index (χ4v) is 13.5. The topological polar surface area (TPSA) is 307 Å². The van der Waals surface area contributed by atoms with Gasteiger partial charge in [-0.2, -0.15) is 0 Å². The average molecular weight is 1390 g/mol. The number of aliphatic hydroxyl groups excluding tert-OH is 11. The van der Waals surface area contributed by atoms with Crippen LogP contribution in [0, 0.1) is 0 Å². The third-order valence-electron chi connectivity index (χ3n) is 19.9. The zero-order chi connectivity index (χ0) is 70.4. The number of rotatable bonds is 63. The van der Waals surface area contributed by atoms with Crippen LogP contribution < -0.4 is 5.32 Å². The van der Waals surface area contributed by atoms with E-state index in [0.717, 1.165) is 51.4 Å². The molecule has 1 amide bonds. The summed E-state index contributed by atoms with van der Waals surface area (Å²) in [6, 6.07) is -0.970. The van der Waals surface area contributed by atoms with E-state index >= 15 is 0 Å². The molecule has 0 aromatic heterocycles. The lowest BCUT2D eigenvalue weighted by Gasteiger charge is -2.48. The first kappa shape index (κ1) is 89.2. The van der Waals surface area contributed by atoms with Crippen molar-refractivity contribution in [2.75, 3.05) is 26.4 Å². The Bertz CT molecular complexity index is 1900. The third kappa shape index (κ3) is 40.0. The molecule has 3 aliphatic rings. The molecule has 0 saturated carbocycles. The summed E-state index contributed by atoms with van der Waals surface area (Å²) >= 11 is 0. The van der Waals surface area contributed by atoms with Gasteiger partial charge in [-0.1, -0.05) is 301 Å². The van der Waals surface area contributed by atoms with Gasteiger partial charge in [0.25, 0.3) is 0 Å². The van der Waals surface area contributed by atoms with Crippen molar-refractivity contribution in [2.24, 2.45) is 0 Å². The molecular formula is C78H145NO18. The minimum Gasteiger partial charge on any atom is -0.394 e. The minimum absolute atomic E-state index is 0.248. The largest absolute Gasteiger partial charge is 0.394 e. The van der Waals surface area contributed by atoms with Gasteiger partial charge >= 0.3 is 0 Å². The van der Waals surface area contributed by atoms with Crippen molar-refractivity contribution in [3.05, 3.63) is 36.5 Å². The Morgan fingerprint density at radius 1 is 0.371 bits per heavy atom. The first-order chi connectivity index (χ1) is 47.3. The molecule has 97 heavy (non-hydrogen) atoms. The highest BCUT2D eigenvalue weighted by atomic mass is 16.8. The van der Waals surface area contributed by atoms with Crippen LogP contribution in [0.4, 0.5) is 0 Å². The Labute approximate surface area is 587 Å². The van der Waals surface area contributed by atoms with Gasteiger partial charge < -0.3 is 89.9 Å². The van der Waals surface area contributed by atoms with Crippen molar-refractivity contribution in [3.8, 4) is 0 Å². The summed E-state index contributed by atoms with van der Waals surface area (Å²) in [7, 11) is 0. The van der Waals surface area contributed by atoms with Crippen LogP contribution >= 0.6 is 0 Å². The van der Waals surface area contributed by atoms with Crippen molar-refractivity contribution in [1.82, 2.24) is 5.32 Å². The smallest absolute Gasteiger partial charge is 0.220 e. The number of allylic oxidation sites excluding steroid dienone is 5. The molecule has 0 aliphatic carbocycles. The number of unbranched alkanes of at least 4 members (excludes halogenated alkanes) is 43. The molecule has 0 radical (unpaired) electrons. The van der Waals surface area contributed by atoms with Crippen LogP contribution in [-0.4, -0.2) is 193 Å². The Hall–Kier alpha value is -1.99.